The number of hydrogen-bond acceptors (Lipinski definition) is 3. The van der Waals surface area contributed by atoms with E-state index in [9.17, 15) is 13.9 Å². The lowest BCUT2D eigenvalue weighted by Gasteiger charge is -2.43. The van der Waals surface area contributed by atoms with Crippen molar-refractivity contribution >= 4 is 0 Å². The van der Waals surface area contributed by atoms with Crippen LogP contribution < -0.4 is 10.5 Å². The number of hydrogen-bond donors (Lipinski definition) is 2. The molecule has 16 heavy (non-hydrogen) atoms. The van der Waals surface area contributed by atoms with Crippen LogP contribution in [0.4, 0.5) is 8.78 Å². The zero-order valence-electron chi connectivity index (χ0n) is 8.84. The van der Waals surface area contributed by atoms with E-state index >= 15 is 0 Å². The third-order valence-electron chi connectivity index (χ3n) is 2.95. The summed E-state index contributed by atoms with van der Waals surface area (Å²) >= 11 is 0. The van der Waals surface area contributed by atoms with Crippen molar-refractivity contribution in [1.82, 2.24) is 0 Å². The smallest absolute Gasteiger partial charge is 0.168 e. The maximum Gasteiger partial charge on any atom is 0.168 e. The van der Waals surface area contributed by atoms with Crippen molar-refractivity contribution in [3.8, 4) is 5.75 Å². The molecule has 3 nitrogen and oxygen atoms in total. The molecule has 1 aromatic carbocycles. The van der Waals surface area contributed by atoms with Gasteiger partial charge in [0.05, 0.1) is 13.2 Å². The molecule has 1 fully saturated rings. The highest BCUT2D eigenvalue weighted by molar-refractivity contribution is 5.42. The van der Waals surface area contributed by atoms with Crippen LogP contribution >= 0.6 is 0 Å². The summed E-state index contributed by atoms with van der Waals surface area (Å²) in [5.41, 5.74) is 5.34. The Morgan fingerprint density at radius 3 is 2.56 bits per heavy atom. The van der Waals surface area contributed by atoms with E-state index in [4.69, 9.17) is 10.5 Å². The summed E-state index contributed by atoms with van der Waals surface area (Å²) in [7, 11) is 1.30. The largest absolute Gasteiger partial charge is 0.493 e. The second-order valence-electron chi connectivity index (χ2n) is 4.19. The lowest BCUT2D eigenvalue weighted by molar-refractivity contribution is 0.0194. The Hall–Kier alpha value is -1.20. The molecule has 0 aliphatic heterocycles. The van der Waals surface area contributed by atoms with Crippen LogP contribution in [-0.4, -0.2) is 18.3 Å². The van der Waals surface area contributed by atoms with Crippen molar-refractivity contribution in [3.05, 3.63) is 29.3 Å². The Bertz CT molecular complexity index is 417. The summed E-state index contributed by atoms with van der Waals surface area (Å²) in [5.74, 6) is -1.51. The molecule has 1 aliphatic rings. The predicted octanol–water partition coefficient (Wildman–Crippen LogP) is 1.28. The minimum atomic E-state index is -0.895. The predicted molar refractivity (Wildman–Crippen MR) is 54.0 cm³/mol. The SMILES string of the molecule is COc1c(F)cc(F)cc1C1(N)CC(O)C1. The molecule has 1 saturated carbocycles. The van der Waals surface area contributed by atoms with Crippen molar-refractivity contribution in [3.63, 3.8) is 0 Å². The van der Waals surface area contributed by atoms with Crippen LogP contribution in [0.3, 0.4) is 0 Å². The van der Waals surface area contributed by atoms with Crippen LogP contribution in [0.1, 0.15) is 18.4 Å². The molecule has 0 aromatic heterocycles. The molecule has 1 aromatic rings. The second kappa shape index (κ2) is 3.68. The van der Waals surface area contributed by atoms with Gasteiger partial charge in [0.1, 0.15) is 5.82 Å². The van der Waals surface area contributed by atoms with Gasteiger partial charge in [0.2, 0.25) is 0 Å². The van der Waals surface area contributed by atoms with E-state index < -0.39 is 23.3 Å². The molecule has 0 saturated heterocycles. The molecule has 5 heteroatoms. The highest BCUT2D eigenvalue weighted by Gasteiger charge is 2.44. The first-order valence-electron chi connectivity index (χ1n) is 4.97. The molecule has 0 radical (unpaired) electrons. The average Bonchev–Trinajstić information content (AvgIpc) is 2.14. The molecule has 0 bridgehead atoms. The van der Waals surface area contributed by atoms with E-state index in [2.05, 4.69) is 0 Å². The fourth-order valence-electron chi connectivity index (χ4n) is 2.14. The van der Waals surface area contributed by atoms with Gasteiger partial charge in [-0.15, -0.1) is 0 Å². The lowest BCUT2D eigenvalue weighted by Crippen LogP contribution is -2.51. The van der Waals surface area contributed by atoms with Gasteiger partial charge in [0, 0.05) is 17.2 Å². The highest BCUT2D eigenvalue weighted by Crippen LogP contribution is 2.44. The second-order valence-corrected chi connectivity index (χ2v) is 4.19. The maximum absolute atomic E-state index is 13.4. The standard InChI is InChI=1S/C11H13F2NO2/c1-16-10-8(2-6(12)3-9(10)13)11(14)4-7(15)5-11/h2-3,7,15H,4-5,14H2,1H3. The number of aliphatic hydroxyl groups excluding tert-OH is 1. The zero-order valence-corrected chi connectivity index (χ0v) is 8.84. The third-order valence-corrected chi connectivity index (χ3v) is 2.95. The van der Waals surface area contributed by atoms with Crippen LogP contribution in [0.2, 0.25) is 0 Å². The van der Waals surface area contributed by atoms with Crippen LogP contribution in [0.5, 0.6) is 5.75 Å². The molecular weight excluding hydrogens is 216 g/mol. The Kier molecular flexibility index (Phi) is 2.59. The van der Waals surface area contributed by atoms with E-state index in [1.807, 2.05) is 0 Å². The average molecular weight is 229 g/mol. The molecular formula is C11H13F2NO2. The topological polar surface area (TPSA) is 55.5 Å². The van der Waals surface area contributed by atoms with Crippen LogP contribution in [0.25, 0.3) is 0 Å². The summed E-state index contributed by atoms with van der Waals surface area (Å²) < 4.78 is 31.4. The normalized spacial score (nSPS) is 28.7. The first kappa shape index (κ1) is 11.3. The Labute approximate surface area is 91.8 Å². The molecule has 2 rings (SSSR count). The summed E-state index contributed by atoms with van der Waals surface area (Å²) in [4.78, 5) is 0. The van der Waals surface area contributed by atoms with Crippen LogP contribution in [0.15, 0.2) is 12.1 Å². The maximum atomic E-state index is 13.4. The highest BCUT2D eigenvalue weighted by atomic mass is 19.1. The van der Waals surface area contributed by atoms with Crippen molar-refractivity contribution in [2.24, 2.45) is 5.73 Å². The number of benzene rings is 1. The Morgan fingerprint density at radius 1 is 1.44 bits per heavy atom. The van der Waals surface area contributed by atoms with Crippen molar-refractivity contribution in [1.29, 1.82) is 0 Å². The van der Waals surface area contributed by atoms with Crippen molar-refractivity contribution < 1.29 is 18.6 Å². The van der Waals surface area contributed by atoms with Crippen LogP contribution in [-0.2, 0) is 5.54 Å². The minimum Gasteiger partial charge on any atom is -0.493 e. The van der Waals surface area contributed by atoms with Gasteiger partial charge in [-0.05, 0) is 18.9 Å². The van der Waals surface area contributed by atoms with Gasteiger partial charge in [-0.3, -0.25) is 0 Å². The quantitative estimate of drug-likeness (QED) is 0.803. The van der Waals surface area contributed by atoms with Crippen molar-refractivity contribution in [2.75, 3.05) is 7.11 Å². The summed E-state index contributed by atoms with van der Waals surface area (Å²) in [6.45, 7) is 0. The molecule has 0 atom stereocenters. The molecule has 0 heterocycles. The van der Waals surface area contributed by atoms with Crippen LogP contribution in [0, 0.1) is 11.6 Å². The number of halogens is 2. The number of aliphatic hydroxyl groups is 1. The number of nitrogens with two attached hydrogens (primary N) is 1. The minimum absolute atomic E-state index is 0.0456. The van der Waals surface area contributed by atoms with E-state index in [1.165, 1.54) is 7.11 Å². The zero-order chi connectivity index (χ0) is 11.9. The summed E-state index contributed by atoms with van der Waals surface area (Å²) in [5, 5.41) is 9.24. The first-order valence-corrected chi connectivity index (χ1v) is 4.97. The van der Waals surface area contributed by atoms with Gasteiger partial charge in [-0.2, -0.15) is 0 Å². The fraction of sp³-hybridized carbons (Fsp3) is 0.455. The van der Waals surface area contributed by atoms with Gasteiger partial charge in [-0.1, -0.05) is 0 Å². The van der Waals surface area contributed by atoms with Crippen molar-refractivity contribution in [2.45, 2.75) is 24.5 Å². The fourth-order valence-corrected chi connectivity index (χ4v) is 2.14. The van der Waals surface area contributed by atoms with Gasteiger partial charge < -0.3 is 15.6 Å². The molecule has 0 amide bonds. The first-order chi connectivity index (χ1) is 7.46. The third kappa shape index (κ3) is 1.66. The molecule has 0 spiro atoms. The lowest BCUT2D eigenvalue weighted by atomic mass is 9.70. The molecule has 0 unspecified atom stereocenters. The number of ether oxygens (including phenoxy) is 1. The number of methoxy groups -OCH3 is 1. The van der Waals surface area contributed by atoms with E-state index in [0.717, 1.165) is 12.1 Å². The molecule has 1 aliphatic carbocycles. The van der Waals surface area contributed by atoms with Gasteiger partial charge in [-0.25, -0.2) is 8.78 Å². The monoisotopic (exact) mass is 229 g/mol. The van der Waals surface area contributed by atoms with E-state index in [0.29, 0.717) is 0 Å². The molecule has 88 valence electrons. The van der Waals surface area contributed by atoms with E-state index in [-0.39, 0.29) is 24.2 Å². The van der Waals surface area contributed by atoms with E-state index in [1.54, 1.807) is 0 Å². The van der Waals surface area contributed by atoms with Gasteiger partial charge >= 0.3 is 0 Å². The molecule has 3 N–H and O–H groups in total. The van der Waals surface area contributed by atoms with Gasteiger partial charge in [0.25, 0.3) is 0 Å². The van der Waals surface area contributed by atoms with Gasteiger partial charge in [0.15, 0.2) is 11.6 Å². The Balaban J connectivity index is 2.47. The number of rotatable bonds is 2. The summed E-state index contributed by atoms with van der Waals surface area (Å²) in [6.07, 6.45) is 0.0550. The summed E-state index contributed by atoms with van der Waals surface area (Å²) in [6, 6.07) is 1.91. The Morgan fingerprint density at radius 2 is 2.06 bits per heavy atom.